The lowest BCUT2D eigenvalue weighted by Crippen LogP contribution is -2.30. The molecule has 0 aliphatic carbocycles. The molecule has 1 aromatic carbocycles. The number of aromatic nitrogens is 1. The summed E-state index contributed by atoms with van der Waals surface area (Å²) < 4.78 is 0.833. The second kappa shape index (κ2) is 8.31. The molecule has 0 aliphatic rings. The topological polar surface area (TPSA) is 37.0 Å². The van der Waals surface area contributed by atoms with Crippen molar-refractivity contribution in [2.24, 2.45) is 0 Å². The van der Waals surface area contributed by atoms with Gasteiger partial charge in [0.1, 0.15) is 5.82 Å². The Morgan fingerprint density at radius 2 is 1.91 bits per heavy atom. The molecule has 2 rings (SSSR count). The molecule has 0 bridgehead atoms. The van der Waals surface area contributed by atoms with Crippen molar-refractivity contribution in [3.05, 3.63) is 55.6 Å². The van der Waals surface area contributed by atoms with Crippen molar-refractivity contribution in [2.75, 3.05) is 11.9 Å². The van der Waals surface area contributed by atoms with E-state index in [2.05, 4.69) is 31.5 Å². The van der Waals surface area contributed by atoms with E-state index in [-0.39, 0.29) is 0 Å². The van der Waals surface area contributed by atoms with E-state index in [1.54, 1.807) is 18.3 Å². The van der Waals surface area contributed by atoms with Gasteiger partial charge >= 0.3 is 0 Å². The molecule has 0 saturated carbocycles. The highest BCUT2D eigenvalue weighted by molar-refractivity contribution is 9.10. The molecule has 0 atom stereocenters. The third kappa shape index (κ3) is 4.70. The van der Waals surface area contributed by atoms with Gasteiger partial charge < -0.3 is 10.6 Å². The van der Waals surface area contributed by atoms with Crippen molar-refractivity contribution in [2.45, 2.75) is 6.42 Å². The summed E-state index contributed by atoms with van der Waals surface area (Å²) in [5.41, 5.74) is 0.796. The number of thiocarbonyl (C=S) groups is 1. The van der Waals surface area contributed by atoms with Gasteiger partial charge in [0.05, 0.1) is 14.5 Å². The van der Waals surface area contributed by atoms with E-state index < -0.39 is 0 Å². The molecule has 0 amide bonds. The quantitative estimate of drug-likeness (QED) is 0.499. The molecule has 0 saturated heterocycles. The van der Waals surface area contributed by atoms with Crippen LogP contribution in [0.3, 0.4) is 0 Å². The summed E-state index contributed by atoms with van der Waals surface area (Å²) in [7, 11) is 0. The first-order chi connectivity index (χ1) is 10.5. The zero-order valence-electron chi connectivity index (χ0n) is 11.2. The minimum atomic E-state index is 0.466. The summed E-state index contributed by atoms with van der Waals surface area (Å²) in [5.74, 6) is 0.652. The summed E-state index contributed by atoms with van der Waals surface area (Å²) in [6.07, 6.45) is 2.28. The Morgan fingerprint density at radius 1 is 1.18 bits per heavy atom. The molecule has 3 nitrogen and oxygen atoms in total. The predicted molar refractivity (Wildman–Crippen MR) is 101 cm³/mol. The number of hydrogen-bond donors (Lipinski definition) is 2. The Bertz CT molecular complexity index is 697. The third-order valence-corrected chi connectivity index (χ3v) is 4.87. The van der Waals surface area contributed by atoms with E-state index in [9.17, 15) is 0 Å². The highest BCUT2D eigenvalue weighted by Crippen LogP contribution is 2.31. The number of rotatable bonds is 4. The van der Waals surface area contributed by atoms with Crippen LogP contribution in [0.15, 0.2) is 34.9 Å². The molecular formula is C14H11BrCl3N3S. The molecule has 22 heavy (non-hydrogen) atoms. The second-order valence-corrected chi connectivity index (χ2v) is 6.74. The normalized spacial score (nSPS) is 10.4. The molecule has 0 fully saturated rings. The Hall–Kier alpha value is -0.590. The predicted octanol–water partition coefficient (Wildman–Crippen LogP) is 5.33. The molecule has 116 valence electrons. The molecule has 1 heterocycles. The number of halogens is 4. The molecule has 2 N–H and O–H groups in total. The summed E-state index contributed by atoms with van der Waals surface area (Å²) >= 11 is 26.9. The Kier molecular flexibility index (Phi) is 6.71. The van der Waals surface area contributed by atoms with Crippen LogP contribution in [0.25, 0.3) is 0 Å². The SMILES string of the molecule is S=C(NCCc1c(Cl)ccc(Cl)c1Cl)Nc1ncccc1Br. The van der Waals surface area contributed by atoms with Crippen LogP contribution in [0.5, 0.6) is 0 Å². The van der Waals surface area contributed by atoms with Crippen LogP contribution in [0.1, 0.15) is 5.56 Å². The van der Waals surface area contributed by atoms with E-state index in [0.717, 1.165) is 10.0 Å². The number of hydrogen-bond acceptors (Lipinski definition) is 2. The Balaban J connectivity index is 1.90. The molecular weight excluding hydrogens is 429 g/mol. The lowest BCUT2D eigenvalue weighted by molar-refractivity contribution is 0.873. The van der Waals surface area contributed by atoms with E-state index in [0.29, 0.717) is 39.0 Å². The first kappa shape index (κ1) is 17.8. The lowest BCUT2D eigenvalue weighted by atomic mass is 10.1. The van der Waals surface area contributed by atoms with Crippen LogP contribution < -0.4 is 10.6 Å². The number of benzene rings is 1. The van der Waals surface area contributed by atoms with Crippen molar-refractivity contribution in [1.29, 1.82) is 0 Å². The molecule has 8 heteroatoms. The molecule has 0 unspecified atom stereocenters. The van der Waals surface area contributed by atoms with Gasteiger partial charge in [0.25, 0.3) is 0 Å². The zero-order chi connectivity index (χ0) is 16.1. The fraction of sp³-hybridized carbons (Fsp3) is 0.143. The number of pyridine rings is 1. The molecule has 1 aromatic heterocycles. The van der Waals surface area contributed by atoms with E-state index >= 15 is 0 Å². The van der Waals surface area contributed by atoms with Gasteiger partial charge in [-0.25, -0.2) is 4.98 Å². The number of nitrogens with zero attached hydrogens (tertiary/aromatic N) is 1. The van der Waals surface area contributed by atoms with Gasteiger partial charge in [-0.15, -0.1) is 0 Å². The largest absolute Gasteiger partial charge is 0.362 e. The fourth-order valence-electron chi connectivity index (χ4n) is 1.73. The highest BCUT2D eigenvalue weighted by Gasteiger charge is 2.10. The fourth-order valence-corrected chi connectivity index (χ4v) is 3.02. The molecule has 0 spiro atoms. The second-order valence-electron chi connectivity index (χ2n) is 4.29. The van der Waals surface area contributed by atoms with E-state index in [4.69, 9.17) is 47.0 Å². The van der Waals surface area contributed by atoms with Gasteiger partial charge in [-0.3, -0.25) is 0 Å². The first-order valence-corrected chi connectivity index (χ1v) is 8.60. The summed E-state index contributed by atoms with van der Waals surface area (Å²) in [5, 5.41) is 8.10. The smallest absolute Gasteiger partial charge is 0.171 e. The Morgan fingerprint density at radius 3 is 2.64 bits per heavy atom. The molecule has 0 radical (unpaired) electrons. The van der Waals surface area contributed by atoms with Crippen LogP contribution in [0.2, 0.25) is 15.1 Å². The molecule has 0 aliphatic heterocycles. The first-order valence-electron chi connectivity index (χ1n) is 6.26. The number of anilines is 1. The van der Waals surface area contributed by atoms with Crippen LogP contribution in [0.4, 0.5) is 5.82 Å². The minimum absolute atomic E-state index is 0.466. The third-order valence-electron chi connectivity index (χ3n) is 2.79. The van der Waals surface area contributed by atoms with Gasteiger partial charge in [-0.2, -0.15) is 0 Å². The summed E-state index contributed by atoms with van der Waals surface area (Å²) in [6.45, 7) is 0.566. The van der Waals surface area contributed by atoms with Crippen molar-refractivity contribution >= 4 is 73.9 Å². The van der Waals surface area contributed by atoms with Crippen LogP contribution in [-0.2, 0) is 6.42 Å². The van der Waals surface area contributed by atoms with Gasteiger partial charge in [0, 0.05) is 17.8 Å². The van der Waals surface area contributed by atoms with Gasteiger partial charge in [0.2, 0.25) is 0 Å². The van der Waals surface area contributed by atoms with Crippen molar-refractivity contribution in [1.82, 2.24) is 10.3 Å². The summed E-state index contributed by atoms with van der Waals surface area (Å²) in [4.78, 5) is 4.18. The zero-order valence-corrected chi connectivity index (χ0v) is 15.8. The van der Waals surface area contributed by atoms with Gasteiger partial charge in [-0.05, 0) is 64.4 Å². The van der Waals surface area contributed by atoms with E-state index in [1.165, 1.54) is 0 Å². The highest BCUT2D eigenvalue weighted by atomic mass is 79.9. The average Bonchev–Trinajstić information content (AvgIpc) is 2.49. The Labute approximate surface area is 157 Å². The van der Waals surface area contributed by atoms with Crippen molar-refractivity contribution in [3.63, 3.8) is 0 Å². The lowest BCUT2D eigenvalue weighted by Gasteiger charge is -2.12. The number of nitrogens with one attached hydrogen (secondary N) is 2. The summed E-state index contributed by atoms with van der Waals surface area (Å²) in [6, 6.07) is 7.11. The van der Waals surface area contributed by atoms with Gasteiger partial charge in [0.15, 0.2) is 5.11 Å². The van der Waals surface area contributed by atoms with Crippen LogP contribution in [0, 0.1) is 0 Å². The van der Waals surface area contributed by atoms with Crippen molar-refractivity contribution in [3.8, 4) is 0 Å². The van der Waals surface area contributed by atoms with Crippen molar-refractivity contribution < 1.29 is 0 Å². The maximum absolute atomic E-state index is 6.16. The standard InChI is InChI=1S/C14H11BrCl3N3S/c15-9-2-1-6-19-13(9)21-14(22)20-7-5-8-10(16)3-4-11(17)12(8)18/h1-4,6H,5,7H2,(H2,19,20,21,22). The minimum Gasteiger partial charge on any atom is -0.362 e. The van der Waals surface area contributed by atoms with Gasteiger partial charge in [-0.1, -0.05) is 34.8 Å². The maximum atomic E-state index is 6.16. The maximum Gasteiger partial charge on any atom is 0.171 e. The average molecular weight is 440 g/mol. The van der Waals surface area contributed by atoms with Crippen LogP contribution in [-0.4, -0.2) is 16.6 Å². The monoisotopic (exact) mass is 437 g/mol. The van der Waals surface area contributed by atoms with E-state index in [1.807, 2.05) is 12.1 Å². The van der Waals surface area contributed by atoms with Crippen LogP contribution >= 0.6 is 63.0 Å². The molecule has 2 aromatic rings.